The van der Waals surface area contributed by atoms with Crippen LogP contribution in [-0.4, -0.2) is 31.3 Å². The number of hydrogen-bond acceptors (Lipinski definition) is 1. The van der Waals surface area contributed by atoms with Gasteiger partial charge in [-0.15, -0.1) is 0 Å². The molecule has 0 amide bonds. The Bertz CT molecular complexity index is 206. The molecule has 0 bridgehead atoms. The van der Waals surface area contributed by atoms with E-state index in [1.165, 1.54) is 116 Å². The van der Waals surface area contributed by atoms with E-state index in [0.717, 1.165) is 6.54 Å². The molecule has 25 heavy (non-hydrogen) atoms. The zero-order chi connectivity index (χ0) is 17.7. The molecule has 2 N–H and O–H groups in total. The maximum absolute atomic E-state index is 9.26. The van der Waals surface area contributed by atoms with Crippen LogP contribution in [0.4, 0.5) is 0 Å². The van der Waals surface area contributed by atoms with Crippen LogP contribution in [0.3, 0.4) is 0 Å². The fourth-order valence-electron chi connectivity index (χ4n) is 3.55. The average Bonchev–Trinajstić information content (AvgIpc) is 2.59. The highest BCUT2D eigenvalue weighted by molar-refractivity contribution is 4.47. The number of hydrogen-bond donors (Lipinski definition) is 2. The van der Waals surface area contributed by atoms with Gasteiger partial charge in [-0.2, -0.15) is 0 Å². The molecular formula is C22H48ClNO. The third kappa shape index (κ3) is 22.2. The molecule has 0 atom stereocenters. The molecule has 0 heterocycles. The van der Waals surface area contributed by atoms with Gasteiger partial charge in [-0.1, -0.05) is 90.9 Å². The van der Waals surface area contributed by atoms with Gasteiger partial charge in [0, 0.05) is 0 Å². The van der Waals surface area contributed by atoms with Crippen molar-refractivity contribution in [3.63, 3.8) is 0 Å². The van der Waals surface area contributed by atoms with Crippen molar-refractivity contribution in [2.75, 3.05) is 26.2 Å². The quantitative estimate of drug-likeness (QED) is 0.312. The van der Waals surface area contributed by atoms with E-state index in [0.29, 0.717) is 6.61 Å². The molecule has 154 valence electrons. The first-order chi connectivity index (χ1) is 11.8. The number of aliphatic hydroxyl groups is 1. The predicted molar refractivity (Wildman–Crippen MR) is 108 cm³/mol. The number of rotatable bonds is 20. The van der Waals surface area contributed by atoms with Crippen molar-refractivity contribution in [3.8, 4) is 0 Å². The third-order valence-electron chi connectivity index (χ3n) is 5.23. The number of nitrogens with one attached hydrogen (secondary N) is 1. The van der Waals surface area contributed by atoms with Gasteiger partial charge in [0.2, 0.25) is 0 Å². The van der Waals surface area contributed by atoms with Crippen LogP contribution in [0.5, 0.6) is 0 Å². The number of halogens is 1. The smallest absolute Gasteiger partial charge is 0.101 e. The topological polar surface area (TPSA) is 24.7 Å². The van der Waals surface area contributed by atoms with Gasteiger partial charge in [0.1, 0.15) is 6.54 Å². The van der Waals surface area contributed by atoms with Gasteiger partial charge < -0.3 is 22.4 Å². The lowest BCUT2D eigenvalue weighted by atomic mass is 10.1. The largest absolute Gasteiger partial charge is 1.00 e. The van der Waals surface area contributed by atoms with Crippen LogP contribution in [0.15, 0.2) is 0 Å². The van der Waals surface area contributed by atoms with Crippen LogP contribution in [-0.2, 0) is 0 Å². The summed E-state index contributed by atoms with van der Waals surface area (Å²) in [4.78, 5) is 1.63. The van der Waals surface area contributed by atoms with E-state index < -0.39 is 0 Å². The second-order valence-electron chi connectivity index (χ2n) is 7.67. The average molecular weight is 378 g/mol. The van der Waals surface area contributed by atoms with Gasteiger partial charge in [0.15, 0.2) is 0 Å². The molecule has 0 radical (unpaired) electrons. The van der Waals surface area contributed by atoms with Crippen molar-refractivity contribution in [2.45, 2.75) is 117 Å². The molecule has 0 aliphatic carbocycles. The van der Waals surface area contributed by atoms with E-state index in [1.54, 1.807) is 4.90 Å². The van der Waals surface area contributed by atoms with E-state index in [9.17, 15) is 5.11 Å². The highest BCUT2D eigenvalue weighted by Crippen LogP contribution is 2.08. The summed E-state index contributed by atoms with van der Waals surface area (Å²) in [6.45, 7) is 8.41. The summed E-state index contributed by atoms with van der Waals surface area (Å²) < 4.78 is 0. The molecule has 3 heteroatoms. The molecule has 0 fully saturated rings. The maximum atomic E-state index is 9.26. The third-order valence-corrected chi connectivity index (χ3v) is 5.23. The Morgan fingerprint density at radius 1 is 0.480 bits per heavy atom. The van der Waals surface area contributed by atoms with Gasteiger partial charge in [0.05, 0.1) is 19.7 Å². The van der Waals surface area contributed by atoms with Crippen molar-refractivity contribution >= 4 is 0 Å². The normalized spacial score (nSPS) is 11.0. The van der Waals surface area contributed by atoms with Gasteiger partial charge in [-0.25, -0.2) is 0 Å². The van der Waals surface area contributed by atoms with Crippen LogP contribution in [0.2, 0.25) is 0 Å². The minimum atomic E-state index is 0. The summed E-state index contributed by atoms with van der Waals surface area (Å²) in [6.07, 6.45) is 22.4. The Balaban J connectivity index is 0. The second-order valence-corrected chi connectivity index (χ2v) is 7.67. The molecule has 0 aromatic heterocycles. The lowest BCUT2D eigenvalue weighted by Gasteiger charge is -2.18. The van der Waals surface area contributed by atoms with Crippen molar-refractivity contribution in [1.29, 1.82) is 0 Å². The first kappa shape index (κ1) is 27.4. The number of aliphatic hydroxyl groups excluding tert-OH is 1. The summed E-state index contributed by atoms with van der Waals surface area (Å²) in [5, 5.41) is 9.26. The SMILES string of the molecule is CCCCCCCCCC[NH+](CCO)CCCCCCCCCC.[Cl-]. The molecule has 0 saturated carbocycles. The van der Waals surface area contributed by atoms with E-state index >= 15 is 0 Å². The molecule has 0 aromatic rings. The summed E-state index contributed by atoms with van der Waals surface area (Å²) in [6, 6.07) is 0. The molecule has 0 aliphatic rings. The molecule has 0 spiro atoms. The van der Waals surface area contributed by atoms with Crippen molar-refractivity contribution in [3.05, 3.63) is 0 Å². The molecule has 0 rings (SSSR count). The zero-order valence-corrected chi connectivity index (χ0v) is 18.2. The van der Waals surface area contributed by atoms with E-state index in [-0.39, 0.29) is 12.4 Å². The Hall–Kier alpha value is 0.210. The zero-order valence-electron chi connectivity index (χ0n) is 17.5. The summed E-state index contributed by atoms with van der Waals surface area (Å²) in [5.74, 6) is 0. The Morgan fingerprint density at radius 3 is 1.12 bits per heavy atom. The van der Waals surface area contributed by atoms with Crippen LogP contribution in [0.25, 0.3) is 0 Å². The predicted octanol–water partition coefficient (Wildman–Crippen LogP) is 2.15. The highest BCUT2D eigenvalue weighted by Gasteiger charge is 2.07. The molecule has 2 nitrogen and oxygen atoms in total. The van der Waals surface area contributed by atoms with Crippen molar-refractivity contribution in [2.24, 2.45) is 0 Å². The molecule has 0 aliphatic heterocycles. The van der Waals surface area contributed by atoms with Gasteiger partial charge in [0.25, 0.3) is 0 Å². The van der Waals surface area contributed by atoms with Gasteiger partial charge in [-0.3, -0.25) is 0 Å². The number of quaternary nitrogens is 1. The first-order valence-electron chi connectivity index (χ1n) is 11.3. The van der Waals surface area contributed by atoms with E-state index in [1.807, 2.05) is 0 Å². The number of unbranched alkanes of at least 4 members (excludes halogenated alkanes) is 14. The van der Waals surface area contributed by atoms with Crippen LogP contribution in [0.1, 0.15) is 117 Å². The summed E-state index contributed by atoms with van der Waals surface area (Å²) in [7, 11) is 0. The molecule has 0 aromatic carbocycles. The van der Waals surface area contributed by atoms with Crippen LogP contribution >= 0.6 is 0 Å². The minimum absolute atomic E-state index is 0. The maximum Gasteiger partial charge on any atom is 0.101 e. The van der Waals surface area contributed by atoms with E-state index in [2.05, 4.69) is 13.8 Å². The lowest BCUT2D eigenvalue weighted by molar-refractivity contribution is -0.901. The van der Waals surface area contributed by atoms with Crippen LogP contribution < -0.4 is 17.3 Å². The van der Waals surface area contributed by atoms with Gasteiger partial charge in [-0.05, 0) is 25.7 Å². The Labute approximate surface area is 165 Å². The van der Waals surface area contributed by atoms with Gasteiger partial charge >= 0.3 is 0 Å². The van der Waals surface area contributed by atoms with Crippen molar-refractivity contribution in [1.82, 2.24) is 0 Å². The monoisotopic (exact) mass is 377 g/mol. The van der Waals surface area contributed by atoms with Crippen molar-refractivity contribution < 1.29 is 22.4 Å². The minimum Gasteiger partial charge on any atom is -1.00 e. The van der Waals surface area contributed by atoms with E-state index in [4.69, 9.17) is 0 Å². The Morgan fingerprint density at radius 2 is 0.800 bits per heavy atom. The summed E-state index contributed by atoms with van der Waals surface area (Å²) in [5.41, 5.74) is 0. The molecular weight excluding hydrogens is 330 g/mol. The second kappa shape index (κ2) is 24.2. The summed E-state index contributed by atoms with van der Waals surface area (Å²) >= 11 is 0. The molecule has 0 unspecified atom stereocenters. The standard InChI is InChI=1S/C22H47NO.ClH/c1-3-5-7-9-11-13-15-17-19-23(21-22-24)20-18-16-14-12-10-8-6-4-2;/h24H,3-22H2,1-2H3;1H. The fourth-order valence-corrected chi connectivity index (χ4v) is 3.55. The van der Waals surface area contributed by atoms with Crippen LogP contribution in [0, 0.1) is 0 Å². The first-order valence-corrected chi connectivity index (χ1v) is 11.3. The molecule has 0 saturated heterocycles. The Kier molecular flexibility index (Phi) is 26.6. The fraction of sp³-hybridized carbons (Fsp3) is 1.00. The highest BCUT2D eigenvalue weighted by atomic mass is 35.5. The lowest BCUT2D eigenvalue weighted by Crippen LogP contribution is -3.12.